The van der Waals surface area contributed by atoms with Crippen LogP contribution in [0.2, 0.25) is 0 Å². The second kappa shape index (κ2) is 29.7. The van der Waals surface area contributed by atoms with E-state index in [4.69, 9.17) is 0 Å². The number of carbonyl (C=O) groups excluding carboxylic acids is 4. The Morgan fingerprint density at radius 2 is 0.486 bits per heavy atom. The number of amides is 4. The zero-order valence-electron chi connectivity index (χ0n) is 45.5. The van der Waals surface area contributed by atoms with Crippen molar-refractivity contribution >= 4 is 66.7 Å². The minimum atomic E-state index is -0.188. The summed E-state index contributed by atoms with van der Waals surface area (Å²) >= 11 is 0. The molecule has 2 aliphatic rings. The van der Waals surface area contributed by atoms with Gasteiger partial charge in [0.05, 0.1) is 0 Å². The van der Waals surface area contributed by atoms with Crippen LogP contribution in [0.3, 0.4) is 0 Å². The molecule has 0 N–H and O–H groups in total. The fourth-order valence-electron chi connectivity index (χ4n) is 12.6. The van der Waals surface area contributed by atoms with Crippen LogP contribution < -0.4 is 0 Å². The van der Waals surface area contributed by atoms with Crippen LogP contribution in [0, 0.1) is 0 Å². The zero-order chi connectivity index (χ0) is 52.1. The molecule has 6 heteroatoms. The predicted octanol–water partition coefficient (Wildman–Crippen LogP) is 19.7. The van der Waals surface area contributed by atoms with E-state index in [0.29, 0.717) is 22.3 Å². The number of hydrogen-bond acceptors (Lipinski definition) is 4. The van der Waals surface area contributed by atoms with Crippen LogP contribution in [-0.2, 0) is 0 Å². The Balaban J connectivity index is 1.13. The molecule has 5 aromatic carbocycles. The summed E-state index contributed by atoms with van der Waals surface area (Å²) in [5, 5.41) is 7.01. The van der Waals surface area contributed by atoms with Gasteiger partial charge in [-0.25, -0.2) is 0 Å². The maximum Gasteiger partial charge on any atom is 0.261 e. The van der Waals surface area contributed by atoms with Crippen LogP contribution in [0.1, 0.15) is 260 Å². The Hall–Kier alpha value is -5.36. The van der Waals surface area contributed by atoms with Gasteiger partial charge in [-0.05, 0) is 134 Å². The third-order valence-electron chi connectivity index (χ3n) is 16.7. The van der Waals surface area contributed by atoms with Gasteiger partial charge in [-0.15, -0.1) is 26.3 Å². The van der Waals surface area contributed by atoms with Crippen molar-refractivity contribution in [2.24, 2.45) is 0 Å². The third kappa shape index (κ3) is 13.7. The summed E-state index contributed by atoms with van der Waals surface area (Å²) in [5.74, 6) is -0.750. The van der Waals surface area contributed by atoms with Gasteiger partial charge in [0.2, 0.25) is 0 Å². The van der Waals surface area contributed by atoms with E-state index in [2.05, 4.69) is 50.6 Å². The van der Waals surface area contributed by atoms with Crippen LogP contribution in [0.15, 0.2) is 99.2 Å². The molecule has 0 spiro atoms. The quantitative estimate of drug-likeness (QED) is 0.0129. The summed E-state index contributed by atoms with van der Waals surface area (Å²) < 4.78 is 0. The molecule has 0 radical (unpaired) electrons. The summed E-state index contributed by atoms with van der Waals surface area (Å²) in [7, 11) is 0. The van der Waals surface area contributed by atoms with Gasteiger partial charge in [0, 0.05) is 45.1 Å². The number of benzene rings is 5. The van der Waals surface area contributed by atoms with Gasteiger partial charge in [0.1, 0.15) is 0 Å². The summed E-state index contributed by atoms with van der Waals surface area (Å²) in [4.78, 5) is 62.9. The maximum absolute atomic E-state index is 14.9. The molecule has 6 nitrogen and oxygen atoms in total. The molecular weight excluding hydrogens is 909 g/mol. The highest BCUT2D eigenvalue weighted by atomic mass is 16.2. The highest BCUT2D eigenvalue weighted by Crippen LogP contribution is 2.47. The lowest BCUT2D eigenvalue weighted by Gasteiger charge is -2.35. The molecule has 2 unspecified atom stereocenters. The first-order valence-corrected chi connectivity index (χ1v) is 29.8. The molecule has 74 heavy (non-hydrogen) atoms. The second-order valence-corrected chi connectivity index (χ2v) is 22.1. The first-order valence-electron chi connectivity index (χ1n) is 29.8. The number of hydrogen-bond donors (Lipinski definition) is 0. The Morgan fingerprint density at radius 1 is 0.284 bits per heavy atom. The summed E-state index contributed by atoms with van der Waals surface area (Å²) in [6.45, 7) is 15.4. The maximum atomic E-state index is 14.9. The van der Waals surface area contributed by atoms with E-state index in [0.717, 1.165) is 146 Å². The van der Waals surface area contributed by atoms with E-state index < -0.39 is 0 Å². The van der Waals surface area contributed by atoms with Crippen molar-refractivity contribution in [3.63, 3.8) is 0 Å². The van der Waals surface area contributed by atoms with Crippen molar-refractivity contribution in [1.82, 2.24) is 9.80 Å². The van der Waals surface area contributed by atoms with Crippen molar-refractivity contribution < 1.29 is 19.2 Å². The van der Waals surface area contributed by atoms with E-state index >= 15 is 0 Å². The van der Waals surface area contributed by atoms with Gasteiger partial charge in [0.15, 0.2) is 0 Å². The molecule has 0 aliphatic carbocycles. The Bertz CT molecular complexity index is 2390. The normalized spacial score (nSPS) is 14.3. The Labute approximate surface area is 445 Å². The standard InChI is InChI=1S/C68H90N2O4/c1-5-9-13-17-21-25-29-33-37-41-51(39-35-31-27-23-19-15-11-7-3)69-65(71)57-47-43-53-55-45-49-59-64-60(50-46-56(62(55)64)54-44-48-58(66(69)72)63(57)61(53)54)68(74)70(67(59)73)52(40-36-32-28-24-20-16-12-8-4)42-38-34-30-26-22-18-14-10-6-2/h5-8,43-52H,1-4,9-42H2. The van der Waals surface area contributed by atoms with E-state index in [1.807, 2.05) is 48.6 Å². The molecule has 4 amide bonds. The van der Waals surface area contributed by atoms with Gasteiger partial charge in [-0.1, -0.05) is 190 Å². The van der Waals surface area contributed by atoms with Gasteiger partial charge < -0.3 is 0 Å². The monoisotopic (exact) mass is 999 g/mol. The molecule has 2 heterocycles. The summed E-state index contributed by atoms with van der Waals surface area (Å²) in [6.07, 6.45) is 45.7. The molecule has 0 fully saturated rings. The second-order valence-electron chi connectivity index (χ2n) is 22.1. The molecule has 0 aromatic heterocycles. The van der Waals surface area contributed by atoms with Crippen LogP contribution in [-0.4, -0.2) is 45.5 Å². The third-order valence-corrected chi connectivity index (χ3v) is 16.7. The largest absolute Gasteiger partial charge is 0.271 e. The predicted molar refractivity (Wildman–Crippen MR) is 314 cm³/mol. The number of rotatable bonds is 40. The number of allylic oxidation sites excluding steroid dienone is 4. The first-order chi connectivity index (χ1) is 36.4. The van der Waals surface area contributed by atoms with Crippen LogP contribution in [0.4, 0.5) is 0 Å². The summed E-state index contributed by atoms with van der Waals surface area (Å²) in [5.41, 5.74) is 2.35. The highest BCUT2D eigenvalue weighted by molar-refractivity contribution is 6.41. The van der Waals surface area contributed by atoms with E-state index in [1.54, 1.807) is 9.80 Å². The van der Waals surface area contributed by atoms with Gasteiger partial charge in [0.25, 0.3) is 23.6 Å². The lowest BCUT2D eigenvalue weighted by molar-refractivity contribution is 0.0501. The Morgan fingerprint density at radius 3 is 0.703 bits per heavy atom. The van der Waals surface area contributed by atoms with Crippen molar-refractivity contribution in [3.05, 3.63) is 121 Å². The number of fused-ring (bicyclic) bond motifs is 2. The molecule has 0 saturated carbocycles. The SMILES string of the molecule is C=CCCCCCCCCCC(CCCCCCCCC=C)N1C(=O)c2ccc3c4ccc5c6c(ccc(c7ccc(c2c37)C1=O)c64)C(=O)N(C(CCCCCCCCC=C)CCCCCCCCCC=C)C5=O. The lowest BCUT2D eigenvalue weighted by Crippen LogP contribution is -2.47. The van der Waals surface area contributed by atoms with Gasteiger partial charge in [-0.3, -0.25) is 29.0 Å². The van der Waals surface area contributed by atoms with Crippen molar-refractivity contribution in [3.8, 4) is 0 Å². The minimum absolute atomic E-state index is 0.148. The number of carbonyl (C=O) groups is 4. The smallest absolute Gasteiger partial charge is 0.261 e. The lowest BCUT2D eigenvalue weighted by atomic mass is 9.81. The van der Waals surface area contributed by atoms with E-state index in [9.17, 15) is 19.2 Å². The van der Waals surface area contributed by atoms with Gasteiger partial charge in [-0.2, -0.15) is 0 Å². The topological polar surface area (TPSA) is 74.8 Å². The van der Waals surface area contributed by atoms with Gasteiger partial charge >= 0.3 is 0 Å². The van der Waals surface area contributed by atoms with E-state index in [-0.39, 0.29) is 35.7 Å². The fourth-order valence-corrected chi connectivity index (χ4v) is 12.6. The molecule has 2 aliphatic heterocycles. The van der Waals surface area contributed by atoms with E-state index in [1.165, 1.54) is 116 Å². The van der Waals surface area contributed by atoms with Crippen LogP contribution in [0.25, 0.3) is 43.1 Å². The molecule has 7 rings (SSSR count). The highest BCUT2D eigenvalue weighted by Gasteiger charge is 2.40. The molecule has 0 saturated heterocycles. The molecule has 0 bridgehead atoms. The van der Waals surface area contributed by atoms with Crippen molar-refractivity contribution in [2.75, 3.05) is 0 Å². The fraction of sp³-hybridized carbons (Fsp3) is 0.529. The number of unbranched alkanes of at least 4 members (excludes halogenated alkanes) is 26. The molecule has 2 atom stereocenters. The number of imide groups is 2. The average molecular weight is 999 g/mol. The van der Waals surface area contributed by atoms with Crippen molar-refractivity contribution in [1.29, 1.82) is 0 Å². The van der Waals surface area contributed by atoms with Crippen molar-refractivity contribution in [2.45, 2.75) is 230 Å². The molecular formula is C68H90N2O4. The summed E-state index contributed by atoms with van der Waals surface area (Å²) in [6, 6.07) is 15.7. The number of nitrogens with zero attached hydrogens (tertiary/aromatic N) is 2. The first kappa shape index (κ1) is 56.4. The average Bonchev–Trinajstić information content (AvgIpc) is 3.41. The Kier molecular flexibility index (Phi) is 22.6. The van der Waals surface area contributed by atoms with Crippen LogP contribution in [0.5, 0.6) is 0 Å². The zero-order valence-corrected chi connectivity index (χ0v) is 45.5. The molecule has 5 aromatic rings. The minimum Gasteiger partial charge on any atom is -0.271 e. The van der Waals surface area contributed by atoms with Crippen LogP contribution >= 0.6 is 0 Å². The molecule has 396 valence electrons.